The minimum atomic E-state index is -1.18. The number of ether oxygens (including phenoxy) is 2. The summed E-state index contributed by atoms with van der Waals surface area (Å²) in [6, 6.07) is 13.9. The van der Waals surface area contributed by atoms with Crippen LogP contribution in [-0.4, -0.2) is 12.4 Å². The SMILES string of the molecule is O=[C]OC(C(=O)OCc1ccccc1Cl)c1ccccc1Br. The van der Waals surface area contributed by atoms with E-state index in [0.29, 0.717) is 20.6 Å². The van der Waals surface area contributed by atoms with Gasteiger partial charge in [0.15, 0.2) is 0 Å². The molecule has 0 saturated heterocycles. The Morgan fingerprint density at radius 2 is 1.86 bits per heavy atom. The molecule has 2 aromatic rings. The first-order valence-electron chi connectivity index (χ1n) is 6.30. The summed E-state index contributed by atoms with van der Waals surface area (Å²) >= 11 is 9.30. The third-order valence-corrected chi connectivity index (χ3v) is 3.99. The van der Waals surface area contributed by atoms with Crippen LogP contribution in [0.25, 0.3) is 0 Å². The Labute approximate surface area is 141 Å². The largest absolute Gasteiger partial charge is 0.458 e. The number of rotatable bonds is 6. The lowest BCUT2D eigenvalue weighted by Crippen LogP contribution is -2.19. The van der Waals surface area contributed by atoms with Crippen LogP contribution in [0.4, 0.5) is 0 Å². The molecule has 2 aromatic carbocycles. The molecule has 113 valence electrons. The Morgan fingerprint density at radius 1 is 1.18 bits per heavy atom. The lowest BCUT2D eigenvalue weighted by atomic mass is 10.1. The van der Waals surface area contributed by atoms with Crippen LogP contribution in [-0.2, 0) is 25.7 Å². The molecular weight excluding hydrogens is 372 g/mol. The van der Waals surface area contributed by atoms with Crippen molar-refractivity contribution >= 4 is 40.0 Å². The molecule has 0 N–H and O–H groups in total. The van der Waals surface area contributed by atoms with Crippen molar-refractivity contribution in [3.05, 3.63) is 69.2 Å². The van der Waals surface area contributed by atoms with Crippen LogP contribution in [0.1, 0.15) is 17.2 Å². The molecule has 6 heteroatoms. The summed E-state index contributed by atoms with van der Waals surface area (Å²) < 4.78 is 10.6. The molecule has 0 bridgehead atoms. The first-order valence-corrected chi connectivity index (χ1v) is 7.48. The van der Waals surface area contributed by atoms with Gasteiger partial charge >= 0.3 is 12.4 Å². The summed E-state index contributed by atoms with van der Waals surface area (Å²) in [5.74, 6) is -0.699. The Morgan fingerprint density at radius 3 is 2.55 bits per heavy atom. The van der Waals surface area contributed by atoms with E-state index in [2.05, 4.69) is 15.9 Å². The molecule has 0 spiro atoms. The van der Waals surface area contributed by atoms with Gasteiger partial charge in [0.2, 0.25) is 6.10 Å². The second kappa shape index (κ2) is 7.96. The predicted octanol–water partition coefficient (Wildman–Crippen LogP) is 3.97. The molecule has 1 atom stereocenters. The first-order chi connectivity index (χ1) is 10.6. The van der Waals surface area contributed by atoms with Gasteiger partial charge in [0.05, 0.1) is 0 Å². The molecule has 0 aromatic heterocycles. The van der Waals surface area contributed by atoms with Crippen LogP contribution in [0.15, 0.2) is 53.0 Å². The van der Waals surface area contributed by atoms with Gasteiger partial charge in [-0.3, -0.25) is 0 Å². The van der Waals surface area contributed by atoms with Crippen molar-refractivity contribution < 1.29 is 19.1 Å². The van der Waals surface area contributed by atoms with Gasteiger partial charge in [-0.25, -0.2) is 9.59 Å². The van der Waals surface area contributed by atoms with E-state index in [0.717, 1.165) is 0 Å². The summed E-state index contributed by atoms with van der Waals surface area (Å²) in [4.78, 5) is 22.7. The van der Waals surface area contributed by atoms with E-state index >= 15 is 0 Å². The van der Waals surface area contributed by atoms with E-state index in [4.69, 9.17) is 21.1 Å². The van der Waals surface area contributed by atoms with Crippen molar-refractivity contribution in [2.45, 2.75) is 12.7 Å². The second-order valence-corrected chi connectivity index (χ2v) is 5.56. The maximum absolute atomic E-state index is 12.2. The van der Waals surface area contributed by atoms with Crippen LogP contribution >= 0.6 is 27.5 Å². The van der Waals surface area contributed by atoms with Crippen LogP contribution in [0.2, 0.25) is 5.02 Å². The molecule has 0 aliphatic rings. The molecule has 0 aliphatic carbocycles. The zero-order chi connectivity index (χ0) is 15.9. The van der Waals surface area contributed by atoms with Gasteiger partial charge in [-0.1, -0.05) is 63.9 Å². The molecule has 1 unspecified atom stereocenters. The van der Waals surface area contributed by atoms with Gasteiger partial charge in [-0.15, -0.1) is 0 Å². The summed E-state index contributed by atoms with van der Waals surface area (Å²) in [7, 11) is 0. The number of hydrogen-bond acceptors (Lipinski definition) is 4. The maximum Gasteiger partial charge on any atom is 0.418 e. The fourth-order valence-electron chi connectivity index (χ4n) is 1.81. The summed E-state index contributed by atoms with van der Waals surface area (Å²) in [6.07, 6.45) is -1.18. The lowest BCUT2D eigenvalue weighted by molar-refractivity contribution is -0.154. The molecule has 0 fully saturated rings. The first kappa shape index (κ1) is 16.5. The number of hydrogen-bond donors (Lipinski definition) is 0. The topological polar surface area (TPSA) is 52.6 Å². The highest BCUT2D eigenvalue weighted by atomic mass is 79.9. The summed E-state index contributed by atoms with van der Waals surface area (Å²) in [5.41, 5.74) is 1.15. The smallest absolute Gasteiger partial charge is 0.418 e. The fraction of sp³-hybridized carbons (Fsp3) is 0.125. The van der Waals surface area contributed by atoms with Gasteiger partial charge in [-0.05, 0) is 12.1 Å². The van der Waals surface area contributed by atoms with Crippen LogP contribution < -0.4 is 0 Å². The number of carbonyl (C=O) groups is 1. The number of esters is 1. The highest BCUT2D eigenvalue weighted by Gasteiger charge is 2.26. The van der Waals surface area contributed by atoms with Crippen LogP contribution in [0.3, 0.4) is 0 Å². The third kappa shape index (κ3) is 4.08. The van der Waals surface area contributed by atoms with Gasteiger partial charge < -0.3 is 9.47 Å². The minimum absolute atomic E-state index is 0.0122. The fourth-order valence-corrected chi connectivity index (χ4v) is 2.50. The van der Waals surface area contributed by atoms with Crippen molar-refractivity contribution in [2.24, 2.45) is 0 Å². The number of carbonyl (C=O) groups excluding carboxylic acids is 2. The molecule has 22 heavy (non-hydrogen) atoms. The average molecular weight is 383 g/mol. The van der Waals surface area contributed by atoms with Crippen LogP contribution in [0, 0.1) is 0 Å². The van der Waals surface area contributed by atoms with Crippen molar-refractivity contribution in [1.82, 2.24) is 0 Å². The van der Waals surface area contributed by atoms with E-state index < -0.39 is 12.1 Å². The van der Waals surface area contributed by atoms with E-state index in [1.54, 1.807) is 48.5 Å². The molecule has 1 radical (unpaired) electrons. The van der Waals surface area contributed by atoms with Gasteiger partial charge in [0, 0.05) is 20.6 Å². The average Bonchev–Trinajstić information content (AvgIpc) is 2.52. The van der Waals surface area contributed by atoms with Crippen molar-refractivity contribution in [1.29, 1.82) is 0 Å². The molecule has 0 aliphatic heterocycles. The molecule has 4 nitrogen and oxygen atoms in total. The van der Waals surface area contributed by atoms with Gasteiger partial charge in [0.25, 0.3) is 0 Å². The van der Waals surface area contributed by atoms with Crippen LogP contribution in [0.5, 0.6) is 0 Å². The van der Waals surface area contributed by atoms with Gasteiger partial charge in [-0.2, -0.15) is 0 Å². The number of benzene rings is 2. The molecular formula is C16H11BrClO4. The highest BCUT2D eigenvalue weighted by Crippen LogP contribution is 2.27. The van der Waals surface area contributed by atoms with Gasteiger partial charge in [0.1, 0.15) is 6.61 Å². The van der Waals surface area contributed by atoms with Crippen molar-refractivity contribution in [3.8, 4) is 0 Å². The summed E-state index contributed by atoms with van der Waals surface area (Å²) in [5, 5.41) is 0.496. The molecule has 0 heterocycles. The van der Waals surface area contributed by atoms with Crippen molar-refractivity contribution in [2.75, 3.05) is 0 Å². The molecule has 0 amide bonds. The zero-order valence-corrected chi connectivity index (χ0v) is 13.6. The quantitative estimate of drug-likeness (QED) is 0.709. The van der Waals surface area contributed by atoms with E-state index in [1.165, 1.54) is 6.47 Å². The zero-order valence-electron chi connectivity index (χ0n) is 11.3. The third-order valence-electron chi connectivity index (χ3n) is 2.90. The van der Waals surface area contributed by atoms with E-state index in [9.17, 15) is 9.59 Å². The van der Waals surface area contributed by atoms with E-state index in [1.807, 2.05) is 0 Å². The highest BCUT2D eigenvalue weighted by molar-refractivity contribution is 9.10. The Balaban J connectivity index is 2.12. The lowest BCUT2D eigenvalue weighted by Gasteiger charge is -2.15. The Bertz CT molecular complexity index is 675. The predicted molar refractivity (Wildman–Crippen MR) is 84.9 cm³/mol. The summed E-state index contributed by atoms with van der Waals surface area (Å²) in [6.45, 7) is 1.27. The standard InChI is InChI=1S/C16H11BrClO4/c17-13-7-3-2-6-12(13)15(22-10-19)16(20)21-9-11-5-1-4-8-14(11)18/h1-8,15H,9H2. The molecule has 2 rings (SSSR count). The normalized spacial score (nSPS) is 11.5. The number of halogens is 2. The van der Waals surface area contributed by atoms with Crippen molar-refractivity contribution in [3.63, 3.8) is 0 Å². The minimum Gasteiger partial charge on any atom is -0.458 e. The Kier molecular flexibility index (Phi) is 5.98. The molecule has 0 saturated carbocycles. The second-order valence-electron chi connectivity index (χ2n) is 4.30. The van der Waals surface area contributed by atoms with E-state index in [-0.39, 0.29) is 6.61 Å². The monoisotopic (exact) mass is 381 g/mol. The Hall–Kier alpha value is -1.85. The maximum atomic E-state index is 12.2.